The van der Waals surface area contributed by atoms with Crippen LogP contribution in [0.4, 0.5) is 11.4 Å². The van der Waals surface area contributed by atoms with E-state index in [9.17, 15) is 14.9 Å². The molecule has 8 heteroatoms. The Hall–Kier alpha value is -2.90. The molecule has 104 valence electrons. The van der Waals surface area contributed by atoms with Crippen molar-refractivity contribution in [2.24, 2.45) is 7.05 Å². The van der Waals surface area contributed by atoms with Gasteiger partial charge in [-0.15, -0.1) is 0 Å². The molecule has 0 unspecified atom stereocenters. The van der Waals surface area contributed by atoms with E-state index < -0.39 is 10.8 Å². The van der Waals surface area contributed by atoms with Gasteiger partial charge >= 0.3 is 5.69 Å². The summed E-state index contributed by atoms with van der Waals surface area (Å²) >= 11 is 0. The third-order valence-corrected chi connectivity index (χ3v) is 2.69. The average Bonchev–Trinajstić information content (AvgIpc) is 2.81. The zero-order valence-corrected chi connectivity index (χ0v) is 10.7. The quantitative estimate of drug-likeness (QED) is 0.487. The zero-order chi connectivity index (χ0) is 14.7. The number of rotatable bonds is 4. The predicted molar refractivity (Wildman–Crippen MR) is 71.9 cm³/mol. The summed E-state index contributed by atoms with van der Waals surface area (Å²) < 4.78 is 1.60. The number of aryl methyl sites for hydroxylation is 1. The normalized spacial score (nSPS) is 10.2. The van der Waals surface area contributed by atoms with Gasteiger partial charge in [0.25, 0.3) is 5.91 Å². The van der Waals surface area contributed by atoms with E-state index in [-0.39, 0.29) is 23.5 Å². The molecule has 20 heavy (non-hydrogen) atoms. The molecular formula is C12H13N5O3. The summed E-state index contributed by atoms with van der Waals surface area (Å²) in [5.74, 6) is -0.561. The summed E-state index contributed by atoms with van der Waals surface area (Å²) in [6.07, 6.45) is 1.74. The minimum atomic E-state index is -0.662. The van der Waals surface area contributed by atoms with Gasteiger partial charge in [0.2, 0.25) is 0 Å². The second-order valence-corrected chi connectivity index (χ2v) is 4.16. The Morgan fingerprint density at radius 3 is 2.85 bits per heavy atom. The van der Waals surface area contributed by atoms with Gasteiger partial charge in [-0.3, -0.25) is 19.6 Å². The topological polar surface area (TPSA) is 116 Å². The van der Waals surface area contributed by atoms with Crippen LogP contribution in [0.2, 0.25) is 0 Å². The van der Waals surface area contributed by atoms with Crippen molar-refractivity contribution in [1.82, 2.24) is 15.1 Å². The fraction of sp³-hybridized carbons (Fsp3) is 0.167. The van der Waals surface area contributed by atoms with E-state index in [2.05, 4.69) is 10.4 Å². The van der Waals surface area contributed by atoms with Crippen molar-refractivity contribution >= 4 is 17.3 Å². The highest BCUT2D eigenvalue weighted by atomic mass is 16.6. The molecule has 1 heterocycles. The maximum absolute atomic E-state index is 12.0. The molecule has 1 aromatic heterocycles. The van der Waals surface area contributed by atoms with Crippen LogP contribution in [0, 0.1) is 10.1 Å². The van der Waals surface area contributed by atoms with Gasteiger partial charge in [-0.25, -0.2) is 0 Å². The minimum Gasteiger partial charge on any atom is -0.393 e. The summed E-state index contributed by atoms with van der Waals surface area (Å²) in [5, 5.41) is 17.6. The minimum absolute atomic E-state index is 0.0412. The number of nitrogens with one attached hydrogen (secondary N) is 1. The molecule has 1 amide bonds. The first-order valence-electron chi connectivity index (χ1n) is 5.78. The fourth-order valence-electron chi connectivity index (χ4n) is 1.77. The summed E-state index contributed by atoms with van der Waals surface area (Å²) in [6.45, 7) is 0.186. The third kappa shape index (κ3) is 2.74. The lowest BCUT2D eigenvalue weighted by molar-refractivity contribution is -0.384. The molecule has 2 rings (SSSR count). The van der Waals surface area contributed by atoms with E-state index in [0.29, 0.717) is 5.69 Å². The SMILES string of the molecule is Cn1ccc(CNC(=O)c2cccc(N)c2[N+](=O)[O-])n1. The maximum atomic E-state index is 12.0. The van der Waals surface area contributed by atoms with E-state index in [1.54, 1.807) is 24.0 Å². The molecule has 3 N–H and O–H groups in total. The van der Waals surface area contributed by atoms with Crippen LogP contribution in [-0.4, -0.2) is 20.6 Å². The number of nitrogens with two attached hydrogens (primary N) is 1. The van der Waals surface area contributed by atoms with Crippen molar-refractivity contribution < 1.29 is 9.72 Å². The zero-order valence-electron chi connectivity index (χ0n) is 10.7. The van der Waals surface area contributed by atoms with E-state index in [4.69, 9.17) is 5.73 Å². The van der Waals surface area contributed by atoms with Gasteiger partial charge in [0, 0.05) is 13.2 Å². The number of para-hydroxylation sites is 1. The Morgan fingerprint density at radius 2 is 2.25 bits per heavy atom. The smallest absolute Gasteiger partial charge is 0.304 e. The van der Waals surface area contributed by atoms with Gasteiger partial charge in [-0.1, -0.05) is 6.07 Å². The van der Waals surface area contributed by atoms with Crippen molar-refractivity contribution in [2.75, 3.05) is 5.73 Å². The Morgan fingerprint density at radius 1 is 1.50 bits per heavy atom. The molecule has 0 aliphatic heterocycles. The van der Waals surface area contributed by atoms with Gasteiger partial charge in [-0.2, -0.15) is 5.10 Å². The molecule has 2 aromatic rings. The number of nitrogen functional groups attached to an aromatic ring is 1. The highest BCUT2D eigenvalue weighted by molar-refractivity contribution is 6.00. The number of aromatic nitrogens is 2. The van der Waals surface area contributed by atoms with Crippen LogP contribution >= 0.6 is 0 Å². The van der Waals surface area contributed by atoms with Crippen molar-refractivity contribution in [3.8, 4) is 0 Å². The van der Waals surface area contributed by atoms with E-state index in [0.717, 1.165) is 0 Å². The maximum Gasteiger partial charge on any atom is 0.304 e. The highest BCUT2D eigenvalue weighted by Crippen LogP contribution is 2.25. The fourth-order valence-corrected chi connectivity index (χ4v) is 1.77. The number of hydrogen-bond acceptors (Lipinski definition) is 5. The van der Waals surface area contributed by atoms with Crippen LogP contribution in [0.3, 0.4) is 0 Å². The molecule has 0 aliphatic rings. The molecule has 0 spiro atoms. The summed E-state index contributed by atoms with van der Waals surface area (Å²) in [4.78, 5) is 22.3. The lowest BCUT2D eigenvalue weighted by Crippen LogP contribution is -2.24. The van der Waals surface area contributed by atoms with Crippen molar-refractivity contribution in [3.63, 3.8) is 0 Å². The Labute approximate surface area is 114 Å². The summed E-state index contributed by atoms with van der Waals surface area (Å²) in [6, 6.07) is 5.99. The summed E-state index contributed by atoms with van der Waals surface area (Å²) in [7, 11) is 1.76. The molecule has 0 saturated carbocycles. The predicted octanol–water partition coefficient (Wildman–Crippen LogP) is 0.841. The van der Waals surface area contributed by atoms with Crippen LogP contribution in [-0.2, 0) is 13.6 Å². The van der Waals surface area contributed by atoms with Crippen LogP contribution in [0.5, 0.6) is 0 Å². The largest absolute Gasteiger partial charge is 0.393 e. The molecular weight excluding hydrogens is 262 g/mol. The van der Waals surface area contributed by atoms with Gasteiger partial charge < -0.3 is 11.1 Å². The molecule has 0 aliphatic carbocycles. The first-order valence-corrected chi connectivity index (χ1v) is 5.78. The molecule has 0 radical (unpaired) electrons. The number of carbonyl (C=O) groups is 1. The first-order chi connectivity index (χ1) is 9.49. The van der Waals surface area contributed by atoms with E-state index in [1.165, 1.54) is 18.2 Å². The van der Waals surface area contributed by atoms with Crippen LogP contribution in [0.1, 0.15) is 16.1 Å². The number of carbonyl (C=O) groups excluding carboxylic acids is 1. The van der Waals surface area contributed by atoms with Gasteiger partial charge in [0.15, 0.2) is 0 Å². The second-order valence-electron chi connectivity index (χ2n) is 4.16. The number of anilines is 1. The lowest BCUT2D eigenvalue weighted by Gasteiger charge is -2.05. The molecule has 8 nitrogen and oxygen atoms in total. The van der Waals surface area contributed by atoms with Crippen molar-refractivity contribution in [3.05, 3.63) is 51.8 Å². The standard InChI is InChI=1S/C12H13N5O3/c1-16-6-5-8(15-16)7-14-12(18)9-3-2-4-10(13)11(9)17(19)20/h2-6H,7,13H2,1H3,(H,14,18). The monoisotopic (exact) mass is 275 g/mol. The van der Waals surface area contributed by atoms with E-state index >= 15 is 0 Å². The molecule has 1 aromatic carbocycles. The third-order valence-electron chi connectivity index (χ3n) is 2.69. The number of nitro groups is 1. The first kappa shape index (κ1) is 13.5. The highest BCUT2D eigenvalue weighted by Gasteiger charge is 2.22. The Balaban J connectivity index is 2.17. The summed E-state index contributed by atoms with van der Waals surface area (Å²) in [5.41, 5.74) is 5.70. The van der Waals surface area contributed by atoms with Crippen molar-refractivity contribution in [1.29, 1.82) is 0 Å². The van der Waals surface area contributed by atoms with Crippen molar-refractivity contribution in [2.45, 2.75) is 6.54 Å². The molecule has 0 fully saturated rings. The molecule has 0 bridgehead atoms. The van der Waals surface area contributed by atoms with E-state index in [1.807, 2.05) is 0 Å². The average molecular weight is 275 g/mol. The van der Waals surface area contributed by atoms with Crippen LogP contribution < -0.4 is 11.1 Å². The molecule has 0 atom stereocenters. The van der Waals surface area contributed by atoms with Gasteiger partial charge in [-0.05, 0) is 18.2 Å². The molecule has 0 saturated heterocycles. The van der Waals surface area contributed by atoms with Gasteiger partial charge in [0.05, 0.1) is 17.2 Å². The van der Waals surface area contributed by atoms with Crippen LogP contribution in [0.25, 0.3) is 0 Å². The number of nitrogens with zero attached hydrogens (tertiary/aromatic N) is 3. The van der Waals surface area contributed by atoms with Crippen LogP contribution in [0.15, 0.2) is 30.5 Å². The van der Waals surface area contributed by atoms with Gasteiger partial charge in [0.1, 0.15) is 11.3 Å². The number of amides is 1. The Bertz CT molecular complexity index is 665. The number of hydrogen-bond donors (Lipinski definition) is 2. The second kappa shape index (κ2) is 5.39. The lowest BCUT2D eigenvalue weighted by atomic mass is 10.1. The Kier molecular flexibility index (Phi) is 3.65. The number of nitro benzene ring substituents is 1. The number of benzene rings is 1.